The van der Waals surface area contributed by atoms with Crippen molar-refractivity contribution >= 4 is 29.1 Å². The van der Waals surface area contributed by atoms with Crippen molar-refractivity contribution in [2.24, 2.45) is 0 Å². The lowest BCUT2D eigenvalue weighted by molar-refractivity contribution is 1.31. The van der Waals surface area contributed by atoms with Gasteiger partial charge in [0.15, 0.2) is 0 Å². The van der Waals surface area contributed by atoms with Crippen LogP contribution in [0.2, 0.25) is 0 Å². The van der Waals surface area contributed by atoms with Crippen LogP contribution in [0.4, 0.5) is 0 Å². The highest BCUT2D eigenvalue weighted by molar-refractivity contribution is 8.21. The summed E-state index contributed by atoms with van der Waals surface area (Å²) in [5.74, 6) is 0. The lowest BCUT2D eigenvalue weighted by atomic mass is 10.1. The highest BCUT2D eigenvalue weighted by Gasteiger charge is 2.06. The van der Waals surface area contributed by atoms with Gasteiger partial charge in [-0.3, -0.25) is 4.98 Å². The lowest BCUT2D eigenvalue weighted by Gasteiger charge is -2.03. The maximum absolute atomic E-state index is 9.05. The molecule has 0 spiro atoms. The molecule has 2 nitrogen and oxygen atoms in total. The Kier molecular flexibility index (Phi) is 4.57. The van der Waals surface area contributed by atoms with E-state index in [2.05, 4.69) is 11.1 Å². The molecular formula is C10H10N2S2. The highest BCUT2D eigenvalue weighted by atomic mass is 32.2. The van der Waals surface area contributed by atoms with Gasteiger partial charge in [0.2, 0.25) is 0 Å². The Labute approximate surface area is 92.4 Å². The summed E-state index contributed by atoms with van der Waals surface area (Å²) in [6.45, 7) is 0. The van der Waals surface area contributed by atoms with Crippen LogP contribution >= 0.6 is 23.5 Å². The molecule has 0 saturated heterocycles. The van der Waals surface area contributed by atoms with Crippen LogP contribution in [0.25, 0.3) is 5.57 Å². The molecule has 0 aromatic carbocycles. The summed E-state index contributed by atoms with van der Waals surface area (Å²) in [5, 5.41) is 9.05. The van der Waals surface area contributed by atoms with Crippen LogP contribution in [0.15, 0.2) is 28.8 Å². The van der Waals surface area contributed by atoms with E-state index in [9.17, 15) is 0 Å². The first-order valence-electron chi connectivity index (χ1n) is 3.96. The molecule has 0 aliphatic heterocycles. The third kappa shape index (κ3) is 2.53. The van der Waals surface area contributed by atoms with Gasteiger partial charge in [0, 0.05) is 18.0 Å². The van der Waals surface area contributed by atoms with Gasteiger partial charge in [-0.25, -0.2) is 0 Å². The van der Waals surface area contributed by atoms with Crippen LogP contribution in [-0.2, 0) is 0 Å². The summed E-state index contributed by atoms with van der Waals surface area (Å²) in [6.07, 6.45) is 7.36. The third-order valence-electron chi connectivity index (χ3n) is 1.64. The van der Waals surface area contributed by atoms with Crippen molar-refractivity contribution in [1.29, 1.82) is 5.26 Å². The minimum Gasteiger partial charge on any atom is -0.264 e. The van der Waals surface area contributed by atoms with Gasteiger partial charge in [0.05, 0.1) is 9.81 Å². The molecule has 0 unspecified atom stereocenters. The van der Waals surface area contributed by atoms with Crippen molar-refractivity contribution in [3.8, 4) is 6.07 Å². The van der Waals surface area contributed by atoms with Crippen molar-refractivity contribution < 1.29 is 0 Å². The molecule has 1 aromatic rings. The number of thioether (sulfide) groups is 2. The molecule has 14 heavy (non-hydrogen) atoms. The molecule has 0 aliphatic rings. The molecular weight excluding hydrogens is 212 g/mol. The minimum atomic E-state index is 0.707. The number of pyridine rings is 1. The van der Waals surface area contributed by atoms with E-state index >= 15 is 0 Å². The van der Waals surface area contributed by atoms with Gasteiger partial charge >= 0.3 is 0 Å². The van der Waals surface area contributed by atoms with Gasteiger partial charge in [0.25, 0.3) is 0 Å². The Hall–Kier alpha value is -0.920. The Bertz CT molecular complexity index is 359. The maximum Gasteiger partial charge on any atom is 0.102 e. The third-order valence-corrected chi connectivity index (χ3v) is 3.79. The Balaban J connectivity index is 3.17. The summed E-state index contributed by atoms with van der Waals surface area (Å²) in [7, 11) is 0. The zero-order valence-electron chi connectivity index (χ0n) is 8.02. The fourth-order valence-electron chi connectivity index (χ4n) is 1.03. The van der Waals surface area contributed by atoms with E-state index in [0.717, 1.165) is 9.80 Å². The summed E-state index contributed by atoms with van der Waals surface area (Å²) < 4.78 is 1.03. The smallest absolute Gasteiger partial charge is 0.102 e. The fourth-order valence-corrected chi connectivity index (χ4v) is 2.43. The van der Waals surface area contributed by atoms with E-state index in [4.69, 9.17) is 5.26 Å². The normalized spacial score (nSPS) is 9.21. The molecule has 0 atom stereocenters. The largest absolute Gasteiger partial charge is 0.264 e. The molecule has 0 radical (unpaired) electrons. The SMILES string of the molecule is CSC(SC)=C(C#N)c1cccnc1. The first-order valence-corrected chi connectivity index (χ1v) is 6.41. The van der Waals surface area contributed by atoms with Gasteiger partial charge < -0.3 is 0 Å². The van der Waals surface area contributed by atoms with Crippen molar-refractivity contribution in [3.63, 3.8) is 0 Å². The maximum atomic E-state index is 9.05. The van der Waals surface area contributed by atoms with E-state index in [1.54, 1.807) is 35.9 Å². The minimum absolute atomic E-state index is 0.707. The molecule has 0 fully saturated rings. The molecule has 1 rings (SSSR count). The number of nitrogens with zero attached hydrogens (tertiary/aromatic N) is 2. The second-order valence-corrected chi connectivity index (χ2v) is 4.32. The molecule has 0 bridgehead atoms. The van der Waals surface area contributed by atoms with Crippen LogP contribution in [0.5, 0.6) is 0 Å². The second-order valence-electron chi connectivity index (χ2n) is 2.42. The predicted molar refractivity (Wildman–Crippen MR) is 63.8 cm³/mol. The van der Waals surface area contributed by atoms with Gasteiger partial charge in [-0.2, -0.15) is 5.26 Å². The average molecular weight is 222 g/mol. The topological polar surface area (TPSA) is 36.7 Å². The van der Waals surface area contributed by atoms with E-state index < -0.39 is 0 Å². The first kappa shape index (κ1) is 11.2. The van der Waals surface area contributed by atoms with Crippen LogP contribution in [-0.4, -0.2) is 17.5 Å². The van der Waals surface area contributed by atoms with Gasteiger partial charge in [-0.15, -0.1) is 23.5 Å². The Morgan fingerprint density at radius 1 is 1.43 bits per heavy atom. The van der Waals surface area contributed by atoms with Crippen LogP contribution in [0.3, 0.4) is 0 Å². The van der Waals surface area contributed by atoms with Crippen LogP contribution < -0.4 is 0 Å². The quantitative estimate of drug-likeness (QED) is 0.737. The van der Waals surface area contributed by atoms with Crippen LogP contribution in [0.1, 0.15) is 5.56 Å². The highest BCUT2D eigenvalue weighted by Crippen LogP contribution is 2.32. The average Bonchev–Trinajstić information content (AvgIpc) is 2.27. The zero-order chi connectivity index (χ0) is 10.4. The number of nitriles is 1. The summed E-state index contributed by atoms with van der Waals surface area (Å²) in [6, 6.07) is 5.96. The molecule has 0 aliphatic carbocycles. The van der Waals surface area contributed by atoms with Crippen molar-refractivity contribution in [2.45, 2.75) is 0 Å². The predicted octanol–water partition coefficient (Wildman–Crippen LogP) is 3.00. The van der Waals surface area contributed by atoms with Gasteiger partial charge in [-0.1, -0.05) is 6.07 Å². The van der Waals surface area contributed by atoms with E-state index in [1.165, 1.54) is 0 Å². The fraction of sp³-hybridized carbons (Fsp3) is 0.200. The number of hydrogen-bond acceptors (Lipinski definition) is 4. The molecule has 1 aromatic heterocycles. The number of allylic oxidation sites excluding steroid dienone is 1. The summed E-state index contributed by atoms with van der Waals surface area (Å²) >= 11 is 3.18. The standard InChI is InChI=1S/C10H10N2S2/c1-13-10(14-2)9(6-11)8-4-3-5-12-7-8/h3-5,7H,1-2H3. The Morgan fingerprint density at radius 2 is 2.14 bits per heavy atom. The molecule has 4 heteroatoms. The number of hydrogen-bond donors (Lipinski definition) is 0. The van der Waals surface area contributed by atoms with Gasteiger partial charge in [-0.05, 0) is 18.6 Å². The van der Waals surface area contributed by atoms with Crippen molar-refractivity contribution in [2.75, 3.05) is 12.5 Å². The molecule has 72 valence electrons. The van der Waals surface area contributed by atoms with Crippen molar-refractivity contribution in [3.05, 3.63) is 34.3 Å². The molecule has 0 N–H and O–H groups in total. The second kappa shape index (κ2) is 5.74. The Morgan fingerprint density at radius 3 is 2.57 bits per heavy atom. The number of rotatable bonds is 3. The number of aromatic nitrogens is 1. The monoisotopic (exact) mass is 222 g/mol. The van der Waals surface area contributed by atoms with E-state index in [-0.39, 0.29) is 0 Å². The zero-order valence-corrected chi connectivity index (χ0v) is 9.65. The summed E-state index contributed by atoms with van der Waals surface area (Å²) in [5.41, 5.74) is 1.59. The lowest BCUT2D eigenvalue weighted by Crippen LogP contribution is -1.85. The van der Waals surface area contributed by atoms with Crippen LogP contribution in [0, 0.1) is 11.3 Å². The van der Waals surface area contributed by atoms with Crippen molar-refractivity contribution in [1.82, 2.24) is 4.98 Å². The van der Waals surface area contributed by atoms with Gasteiger partial charge in [0.1, 0.15) is 6.07 Å². The van der Waals surface area contributed by atoms with E-state index in [1.807, 2.05) is 24.6 Å². The summed E-state index contributed by atoms with van der Waals surface area (Å²) in [4.78, 5) is 4.00. The first-order chi connectivity index (χ1) is 6.83. The molecule has 0 amide bonds. The van der Waals surface area contributed by atoms with E-state index in [0.29, 0.717) is 5.57 Å². The molecule has 1 heterocycles. The molecule has 0 saturated carbocycles.